The number of unbranched alkanes of at least 4 members (excludes halogenated alkanes) is 1. The van der Waals surface area contributed by atoms with Crippen molar-refractivity contribution in [2.24, 2.45) is 0 Å². The van der Waals surface area contributed by atoms with E-state index in [1.165, 1.54) is 6.07 Å². The van der Waals surface area contributed by atoms with Gasteiger partial charge in [-0.1, -0.05) is 13.3 Å². The monoisotopic (exact) mass is 259 g/mol. The standard InChI is InChI=1S/C15H17NO3/c1-2-3-8-19-13-6-4-11(5-7-13)14-9-12(17)10-15(18)16-14/h4-7,9-10H,2-3,8H2,1H3,(H2,16,17,18). The summed E-state index contributed by atoms with van der Waals surface area (Å²) in [5.74, 6) is 0.765. The lowest BCUT2D eigenvalue weighted by Gasteiger charge is -2.07. The highest BCUT2D eigenvalue weighted by atomic mass is 16.5. The van der Waals surface area contributed by atoms with Gasteiger partial charge in [-0.15, -0.1) is 0 Å². The number of nitrogens with one attached hydrogen (secondary N) is 1. The van der Waals surface area contributed by atoms with Crippen molar-refractivity contribution >= 4 is 0 Å². The van der Waals surface area contributed by atoms with Crippen molar-refractivity contribution in [3.05, 3.63) is 46.8 Å². The molecule has 19 heavy (non-hydrogen) atoms. The average Bonchev–Trinajstić information content (AvgIpc) is 2.39. The Kier molecular flexibility index (Phi) is 4.23. The van der Waals surface area contributed by atoms with Crippen LogP contribution in [0.4, 0.5) is 0 Å². The molecule has 1 aromatic carbocycles. The summed E-state index contributed by atoms with van der Waals surface area (Å²) < 4.78 is 5.56. The molecule has 0 atom stereocenters. The van der Waals surface area contributed by atoms with Crippen molar-refractivity contribution in [3.63, 3.8) is 0 Å². The highest BCUT2D eigenvalue weighted by Crippen LogP contribution is 2.22. The van der Waals surface area contributed by atoms with E-state index in [1.54, 1.807) is 0 Å². The van der Waals surface area contributed by atoms with Crippen LogP contribution in [0.3, 0.4) is 0 Å². The van der Waals surface area contributed by atoms with Crippen LogP contribution < -0.4 is 10.3 Å². The molecule has 4 nitrogen and oxygen atoms in total. The van der Waals surface area contributed by atoms with Crippen LogP contribution in [0, 0.1) is 0 Å². The molecule has 0 radical (unpaired) electrons. The Balaban J connectivity index is 2.15. The van der Waals surface area contributed by atoms with E-state index in [0.717, 1.165) is 30.2 Å². The second-order valence-corrected chi connectivity index (χ2v) is 4.34. The molecule has 1 aromatic heterocycles. The molecule has 0 fully saturated rings. The maximum absolute atomic E-state index is 11.3. The van der Waals surface area contributed by atoms with E-state index in [9.17, 15) is 9.90 Å². The second kappa shape index (κ2) is 6.09. The second-order valence-electron chi connectivity index (χ2n) is 4.34. The molecule has 0 bridgehead atoms. The Morgan fingerprint density at radius 2 is 1.95 bits per heavy atom. The molecule has 100 valence electrons. The van der Waals surface area contributed by atoms with Crippen molar-refractivity contribution < 1.29 is 9.84 Å². The van der Waals surface area contributed by atoms with Crippen LogP contribution in [0.15, 0.2) is 41.2 Å². The number of hydrogen-bond acceptors (Lipinski definition) is 3. The lowest BCUT2D eigenvalue weighted by atomic mass is 10.1. The molecule has 2 rings (SSSR count). The summed E-state index contributed by atoms with van der Waals surface area (Å²) in [6, 6.07) is 10.1. The fourth-order valence-electron chi connectivity index (χ4n) is 1.75. The number of aromatic nitrogens is 1. The molecule has 0 aliphatic rings. The Hall–Kier alpha value is -2.23. The van der Waals surface area contributed by atoms with E-state index in [0.29, 0.717) is 12.3 Å². The maximum Gasteiger partial charge on any atom is 0.252 e. The molecule has 0 amide bonds. The molecule has 0 saturated heterocycles. The fraction of sp³-hybridized carbons (Fsp3) is 0.267. The number of ether oxygens (including phenoxy) is 1. The normalized spacial score (nSPS) is 10.4. The van der Waals surface area contributed by atoms with Crippen molar-refractivity contribution in [2.75, 3.05) is 6.61 Å². The maximum atomic E-state index is 11.3. The van der Waals surface area contributed by atoms with Crippen molar-refractivity contribution in [2.45, 2.75) is 19.8 Å². The number of aromatic amines is 1. The third-order valence-electron chi connectivity index (χ3n) is 2.76. The minimum atomic E-state index is -0.321. The van der Waals surface area contributed by atoms with E-state index in [2.05, 4.69) is 11.9 Å². The third kappa shape index (κ3) is 3.61. The van der Waals surface area contributed by atoms with Crippen LogP contribution in [-0.2, 0) is 0 Å². The van der Waals surface area contributed by atoms with Gasteiger partial charge in [0, 0.05) is 12.1 Å². The SMILES string of the molecule is CCCCOc1ccc(-c2cc(O)cc(=O)[nH]2)cc1. The van der Waals surface area contributed by atoms with Gasteiger partial charge in [0.15, 0.2) is 0 Å². The minimum Gasteiger partial charge on any atom is -0.508 e. The van der Waals surface area contributed by atoms with Crippen LogP contribution in [0.2, 0.25) is 0 Å². The summed E-state index contributed by atoms with van der Waals surface area (Å²) in [4.78, 5) is 14.0. The third-order valence-corrected chi connectivity index (χ3v) is 2.76. The Morgan fingerprint density at radius 3 is 2.58 bits per heavy atom. The quantitative estimate of drug-likeness (QED) is 0.811. The van der Waals surface area contributed by atoms with E-state index < -0.39 is 0 Å². The first-order valence-corrected chi connectivity index (χ1v) is 6.35. The van der Waals surface area contributed by atoms with Gasteiger partial charge >= 0.3 is 0 Å². The lowest BCUT2D eigenvalue weighted by Crippen LogP contribution is -2.04. The summed E-state index contributed by atoms with van der Waals surface area (Å²) >= 11 is 0. The Bertz CT molecular complexity index is 587. The first-order chi connectivity index (χ1) is 9.19. The Labute approximate surface area is 111 Å². The van der Waals surface area contributed by atoms with Gasteiger partial charge in [-0.2, -0.15) is 0 Å². The van der Waals surface area contributed by atoms with Gasteiger partial charge in [-0.25, -0.2) is 0 Å². The molecule has 2 aromatic rings. The van der Waals surface area contributed by atoms with Crippen molar-refractivity contribution in [1.29, 1.82) is 0 Å². The fourth-order valence-corrected chi connectivity index (χ4v) is 1.75. The molecule has 0 spiro atoms. The summed E-state index contributed by atoms with van der Waals surface area (Å²) in [5, 5.41) is 9.41. The molecule has 4 heteroatoms. The van der Waals surface area contributed by atoms with Gasteiger partial charge in [0.25, 0.3) is 5.56 Å². The molecule has 0 aliphatic heterocycles. The molecule has 2 N–H and O–H groups in total. The predicted molar refractivity (Wildman–Crippen MR) is 74.6 cm³/mol. The highest BCUT2D eigenvalue weighted by Gasteiger charge is 2.02. The number of hydrogen-bond donors (Lipinski definition) is 2. The number of pyridine rings is 1. The largest absolute Gasteiger partial charge is 0.508 e. The summed E-state index contributed by atoms with van der Waals surface area (Å²) in [5.41, 5.74) is 1.10. The highest BCUT2D eigenvalue weighted by molar-refractivity contribution is 5.61. The summed E-state index contributed by atoms with van der Waals surface area (Å²) in [7, 11) is 0. The molecular formula is C15H17NO3. The van der Waals surface area contributed by atoms with Crippen molar-refractivity contribution in [1.82, 2.24) is 4.98 Å². The van der Waals surface area contributed by atoms with Crippen LogP contribution >= 0.6 is 0 Å². The number of rotatable bonds is 5. The zero-order valence-electron chi connectivity index (χ0n) is 10.8. The molecule has 0 aliphatic carbocycles. The Morgan fingerprint density at radius 1 is 1.21 bits per heavy atom. The van der Waals surface area contributed by atoms with E-state index >= 15 is 0 Å². The first-order valence-electron chi connectivity index (χ1n) is 6.35. The van der Waals surface area contributed by atoms with E-state index in [1.807, 2.05) is 24.3 Å². The van der Waals surface area contributed by atoms with Gasteiger partial charge in [0.1, 0.15) is 11.5 Å². The van der Waals surface area contributed by atoms with E-state index in [-0.39, 0.29) is 11.3 Å². The lowest BCUT2D eigenvalue weighted by molar-refractivity contribution is 0.309. The van der Waals surface area contributed by atoms with Gasteiger partial charge in [-0.3, -0.25) is 4.79 Å². The van der Waals surface area contributed by atoms with Crippen LogP contribution in [-0.4, -0.2) is 16.7 Å². The van der Waals surface area contributed by atoms with E-state index in [4.69, 9.17) is 4.74 Å². The van der Waals surface area contributed by atoms with Crippen LogP contribution in [0.5, 0.6) is 11.5 Å². The van der Waals surface area contributed by atoms with Crippen LogP contribution in [0.25, 0.3) is 11.3 Å². The number of H-pyrrole nitrogens is 1. The number of aromatic hydroxyl groups is 1. The zero-order chi connectivity index (χ0) is 13.7. The molecule has 1 heterocycles. The summed E-state index contributed by atoms with van der Waals surface area (Å²) in [6.07, 6.45) is 2.13. The predicted octanol–water partition coefficient (Wildman–Crippen LogP) is 2.93. The molecular weight excluding hydrogens is 242 g/mol. The smallest absolute Gasteiger partial charge is 0.252 e. The zero-order valence-corrected chi connectivity index (χ0v) is 10.8. The molecule has 0 unspecified atom stereocenters. The van der Waals surface area contributed by atoms with Crippen LogP contribution in [0.1, 0.15) is 19.8 Å². The number of benzene rings is 1. The van der Waals surface area contributed by atoms with Gasteiger partial charge < -0.3 is 14.8 Å². The first kappa shape index (κ1) is 13.2. The minimum absolute atomic E-state index is 0.0398. The van der Waals surface area contributed by atoms with Gasteiger partial charge in [0.05, 0.1) is 12.3 Å². The average molecular weight is 259 g/mol. The molecule has 0 saturated carbocycles. The van der Waals surface area contributed by atoms with Gasteiger partial charge in [0.2, 0.25) is 0 Å². The topological polar surface area (TPSA) is 62.3 Å². The summed E-state index contributed by atoms with van der Waals surface area (Å²) in [6.45, 7) is 2.82. The van der Waals surface area contributed by atoms with Crippen molar-refractivity contribution in [3.8, 4) is 22.8 Å². The van der Waals surface area contributed by atoms with Gasteiger partial charge in [-0.05, 0) is 36.2 Å².